The number of hydrogen-bond donors (Lipinski definition) is 0. The standard InChI is InChI=1S/C13H15/c1-3-5-7-9-11-13-12-10-8-6-4-2/h3-13H,1-2H2/b5-3+,8-6+,9-7+,12-10+,13-11+. The van der Waals surface area contributed by atoms with E-state index in [0.717, 1.165) is 0 Å². The van der Waals surface area contributed by atoms with E-state index in [9.17, 15) is 0 Å². The van der Waals surface area contributed by atoms with Gasteiger partial charge in [-0.05, 0) is 6.92 Å². The van der Waals surface area contributed by atoms with Gasteiger partial charge in [-0.15, -0.1) is 0 Å². The van der Waals surface area contributed by atoms with Crippen LogP contribution >= 0.6 is 0 Å². The van der Waals surface area contributed by atoms with Crippen molar-refractivity contribution >= 4 is 0 Å². The molecule has 0 heterocycles. The molecule has 0 saturated heterocycles. The highest BCUT2D eigenvalue weighted by molar-refractivity contribution is 5.18. The summed E-state index contributed by atoms with van der Waals surface area (Å²) >= 11 is 0. The second kappa shape index (κ2) is 10.4. The third-order valence-corrected chi connectivity index (χ3v) is 1.16. The molecule has 67 valence electrons. The minimum absolute atomic E-state index is 1.74. The first-order chi connectivity index (χ1) is 6.41. The van der Waals surface area contributed by atoms with Gasteiger partial charge >= 0.3 is 0 Å². The Hall–Kier alpha value is -1.56. The molecule has 0 N–H and O–H groups in total. The lowest BCUT2D eigenvalue weighted by atomic mass is 10.3. The molecule has 0 bridgehead atoms. The molecule has 0 spiro atoms. The average molecular weight is 171 g/mol. The van der Waals surface area contributed by atoms with Gasteiger partial charge in [0.1, 0.15) is 0 Å². The lowest BCUT2D eigenvalue weighted by Gasteiger charge is -1.73. The van der Waals surface area contributed by atoms with Crippen LogP contribution in [0.25, 0.3) is 0 Å². The van der Waals surface area contributed by atoms with Crippen molar-refractivity contribution in [2.24, 2.45) is 0 Å². The first-order valence-electron chi connectivity index (χ1n) is 4.15. The van der Waals surface area contributed by atoms with E-state index in [2.05, 4.69) is 13.5 Å². The fourth-order valence-electron chi connectivity index (χ4n) is 0.606. The summed E-state index contributed by atoms with van der Waals surface area (Å²) in [6.07, 6.45) is 20.9. The number of hydrogen-bond acceptors (Lipinski definition) is 0. The van der Waals surface area contributed by atoms with Crippen molar-refractivity contribution in [2.75, 3.05) is 0 Å². The van der Waals surface area contributed by atoms with Gasteiger partial charge in [0.2, 0.25) is 0 Å². The highest BCUT2D eigenvalue weighted by Crippen LogP contribution is 1.83. The minimum atomic E-state index is 1.74. The molecule has 13 heavy (non-hydrogen) atoms. The number of allylic oxidation sites excluding steroid dienone is 11. The van der Waals surface area contributed by atoms with Crippen LogP contribution in [0.15, 0.2) is 73.4 Å². The molecule has 0 aromatic rings. The molecule has 0 heteroatoms. The highest BCUT2D eigenvalue weighted by Gasteiger charge is 1.61. The fraction of sp³-hybridized carbons (Fsp3) is 0. The third-order valence-electron chi connectivity index (χ3n) is 1.16. The van der Waals surface area contributed by atoms with Crippen LogP contribution in [0.1, 0.15) is 0 Å². The largest absolute Gasteiger partial charge is 0.0991 e. The van der Waals surface area contributed by atoms with Crippen molar-refractivity contribution in [2.45, 2.75) is 0 Å². The van der Waals surface area contributed by atoms with Gasteiger partial charge in [0, 0.05) is 0 Å². The lowest BCUT2D eigenvalue weighted by molar-refractivity contribution is 1.84. The Balaban J connectivity index is 3.68. The monoisotopic (exact) mass is 171 g/mol. The van der Waals surface area contributed by atoms with E-state index in [-0.39, 0.29) is 0 Å². The van der Waals surface area contributed by atoms with E-state index in [4.69, 9.17) is 0 Å². The maximum absolute atomic E-state index is 3.56. The molecular formula is C13H15. The van der Waals surface area contributed by atoms with Crippen molar-refractivity contribution in [3.05, 3.63) is 80.3 Å². The van der Waals surface area contributed by atoms with Crippen LogP contribution < -0.4 is 0 Å². The molecule has 0 aliphatic carbocycles. The highest BCUT2D eigenvalue weighted by atomic mass is 13.7. The molecule has 0 aromatic heterocycles. The molecule has 0 rings (SSSR count). The average Bonchev–Trinajstić information content (AvgIpc) is 2.16. The van der Waals surface area contributed by atoms with Gasteiger partial charge in [0.05, 0.1) is 0 Å². The Bertz CT molecular complexity index is 247. The Labute approximate surface area is 81.0 Å². The Morgan fingerprint density at radius 3 is 1.31 bits per heavy atom. The molecule has 0 aliphatic rings. The van der Waals surface area contributed by atoms with E-state index in [1.165, 1.54) is 0 Å². The lowest BCUT2D eigenvalue weighted by Crippen LogP contribution is -1.51. The smallest absolute Gasteiger partial charge is 0.0313 e. The van der Waals surface area contributed by atoms with Gasteiger partial charge in [-0.1, -0.05) is 73.4 Å². The van der Waals surface area contributed by atoms with Crippen LogP contribution in [0.2, 0.25) is 0 Å². The molecule has 0 saturated carbocycles. The zero-order chi connectivity index (χ0) is 9.78. The van der Waals surface area contributed by atoms with E-state index >= 15 is 0 Å². The van der Waals surface area contributed by atoms with Gasteiger partial charge < -0.3 is 0 Å². The topological polar surface area (TPSA) is 0 Å². The van der Waals surface area contributed by atoms with Crippen molar-refractivity contribution in [3.8, 4) is 0 Å². The summed E-state index contributed by atoms with van der Waals surface area (Å²) in [6.45, 7) is 7.13. The Kier molecular flexibility index (Phi) is 9.19. The molecule has 0 nitrogen and oxygen atoms in total. The van der Waals surface area contributed by atoms with Crippen LogP contribution in [0, 0.1) is 6.92 Å². The van der Waals surface area contributed by atoms with Gasteiger partial charge in [0.25, 0.3) is 0 Å². The predicted octanol–water partition coefficient (Wildman–Crippen LogP) is 3.79. The van der Waals surface area contributed by atoms with Crippen LogP contribution in [0.3, 0.4) is 0 Å². The molecule has 0 amide bonds. The summed E-state index contributed by atoms with van der Waals surface area (Å²) in [5.41, 5.74) is 0. The second-order valence-corrected chi connectivity index (χ2v) is 2.20. The van der Waals surface area contributed by atoms with Gasteiger partial charge in [-0.2, -0.15) is 0 Å². The SMILES string of the molecule is [CH2]/C=C/C=C/C=C/C=C/C=C/C=C. The summed E-state index contributed by atoms with van der Waals surface area (Å²) in [5, 5.41) is 0. The zero-order valence-electron chi connectivity index (χ0n) is 7.77. The number of rotatable bonds is 5. The van der Waals surface area contributed by atoms with Crippen molar-refractivity contribution in [1.82, 2.24) is 0 Å². The van der Waals surface area contributed by atoms with E-state index < -0.39 is 0 Å². The predicted molar refractivity (Wildman–Crippen MR) is 61.3 cm³/mol. The van der Waals surface area contributed by atoms with Gasteiger partial charge in [0.15, 0.2) is 0 Å². The van der Waals surface area contributed by atoms with Gasteiger partial charge in [-0.25, -0.2) is 0 Å². The molecule has 0 unspecified atom stereocenters. The van der Waals surface area contributed by atoms with Crippen molar-refractivity contribution in [3.63, 3.8) is 0 Å². The molecule has 0 fully saturated rings. The molecule has 0 atom stereocenters. The Morgan fingerprint density at radius 1 is 0.538 bits per heavy atom. The molecule has 0 aliphatic heterocycles. The van der Waals surface area contributed by atoms with E-state index in [0.29, 0.717) is 0 Å². The summed E-state index contributed by atoms with van der Waals surface area (Å²) in [6, 6.07) is 0. The zero-order valence-corrected chi connectivity index (χ0v) is 7.77. The molecule has 1 radical (unpaired) electrons. The van der Waals surface area contributed by atoms with Crippen LogP contribution in [-0.4, -0.2) is 0 Å². The Morgan fingerprint density at radius 2 is 0.923 bits per heavy atom. The summed E-state index contributed by atoms with van der Waals surface area (Å²) < 4.78 is 0. The molecular weight excluding hydrogens is 156 g/mol. The first-order valence-corrected chi connectivity index (χ1v) is 4.15. The summed E-state index contributed by atoms with van der Waals surface area (Å²) in [7, 11) is 0. The van der Waals surface area contributed by atoms with E-state index in [1.807, 2.05) is 54.7 Å². The van der Waals surface area contributed by atoms with Crippen LogP contribution in [-0.2, 0) is 0 Å². The molecule has 0 aromatic carbocycles. The van der Waals surface area contributed by atoms with E-state index in [1.54, 1.807) is 12.2 Å². The quantitative estimate of drug-likeness (QED) is 0.552. The maximum Gasteiger partial charge on any atom is -0.0313 e. The van der Waals surface area contributed by atoms with Crippen molar-refractivity contribution < 1.29 is 0 Å². The first kappa shape index (κ1) is 11.4. The van der Waals surface area contributed by atoms with Crippen LogP contribution in [0.5, 0.6) is 0 Å². The van der Waals surface area contributed by atoms with Crippen molar-refractivity contribution in [1.29, 1.82) is 0 Å². The fourth-order valence-corrected chi connectivity index (χ4v) is 0.606. The third kappa shape index (κ3) is 10.4. The maximum atomic E-state index is 3.56. The van der Waals surface area contributed by atoms with Crippen LogP contribution in [0.4, 0.5) is 0 Å². The summed E-state index contributed by atoms with van der Waals surface area (Å²) in [5.74, 6) is 0. The normalized spacial score (nSPS) is 13.3. The second-order valence-electron chi connectivity index (χ2n) is 2.20. The summed E-state index contributed by atoms with van der Waals surface area (Å²) in [4.78, 5) is 0. The van der Waals surface area contributed by atoms with Gasteiger partial charge in [-0.3, -0.25) is 0 Å². The minimum Gasteiger partial charge on any atom is -0.0991 e.